The van der Waals surface area contributed by atoms with E-state index in [0.717, 1.165) is 0 Å². The smallest absolute Gasteiger partial charge is 0.220 e. The number of hydrogen-bond acceptors (Lipinski definition) is 30. The molecule has 0 spiro atoms. The Morgan fingerprint density at radius 1 is 0.366 bits per heavy atom. The number of methoxy groups -OCH3 is 1. The molecule has 0 bridgehead atoms. The second kappa shape index (κ2) is 55.0. The van der Waals surface area contributed by atoms with Crippen LogP contribution in [0.4, 0.5) is 0 Å². The van der Waals surface area contributed by atoms with Crippen LogP contribution in [0.1, 0.15) is 137 Å². The summed E-state index contributed by atoms with van der Waals surface area (Å²) in [6.45, 7) is 7.85. The van der Waals surface area contributed by atoms with E-state index in [4.69, 9.17) is 61.6 Å². The summed E-state index contributed by atoms with van der Waals surface area (Å²) in [4.78, 5) is 103. The van der Waals surface area contributed by atoms with E-state index in [-0.39, 0.29) is 194 Å². The Hall–Kier alpha value is -4.52. The van der Waals surface area contributed by atoms with E-state index >= 15 is 0 Å². The van der Waals surface area contributed by atoms with Gasteiger partial charge in [-0.15, -0.1) is 0 Å². The zero-order valence-corrected chi connectivity index (χ0v) is 59.7. The normalized spacial score (nSPS) is 25.6. The third kappa shape index (κ3) is 38.4. The number of carbonyl (C=O) groups excluding carboxylic acids is 8. The predicted octanol–water partition coefficient (Wildman–Crippen LogP) is -3.44. The highest BCUT2D eigenvalue weighted by atomic mass is 16.7. The molecule has 0 aliphatic carbocycles. The SMILES string of the molecule is CC.COCCCCC(=O)CCCC(=O)NC(CCC(=O)CCCOCCOCCO[C@@H]1OC(CO)[C@H](O)[C@H](O)C1NC(C)=O)(CCC(=O)CCCOCCOCCO[C@@H]1OC(CO)[C@H](O)[C@H](O)C1NC(C)=O)CCC(=O)NCCOCCOCCO[C@@H]1OC(CO)[C@H](O)[C@H](O)C1NC(C)=O. The Morgan fingerprint density at radius 2 is 0.693 bits per heavy atom. The average molecular weight is 1460 g/mol. The first-order valence-corrected chi connectivity index (χ1v) is 35.1. The van der Waals surface area contributed by atoms with Gasteiger partial charge in [-0.25, -0.2) is 0 Å². The number of rotatable bonds is 57. The maximum Gasteiger partial charge on any atom is 0.220 e. The van der Waals surface area contributed by atoms with Crippen LogP contribution >= 0.6 is 0 Å². The molecule has 14 N–H and O–H groups in total. The first-order valence-electron chi connectivity index (χ1n) is 35.1. The van der Waals surface area contributed by atoms with Gasteiger partial charge in [-0.2, -0.15) is 0 Å². The molecular weight excluding hydrogens is 1340 g/mol. The van der Waals surface area contributed by atoms with E-state index < -0.39 is 147 Å². The highest BCUT2D eigenvalue weighted by Gasteiger charge is 2.48. The van der Waals surface area contributed by atoms with Gasteiger partial charge in [0.1, 0.15) is 90.4 Å². The van der Waals surface area contributed by atoms with Crippen molar-refractivity contribution in [1.29, 1.82) is 0 Å². The van der Waals surface area contributed by atoms with Crippen LogP contribution in [-0.2, 0) is 99.9 Å². The molecule has 5 amide bonds. The number of ketones is 3. The van der Waals surface area contributed by atoms with Crippen LogP contribution in [0.25, 0.3) is 0 Å². The molecule has 0 aromatic carbocycles. The summed E-state index contributed by atoms with van der Waals surface area (Å²) in [5.41, 5.74) is -1.22. The monoisotopic (exact) mass is 1460 g/mol. The molecule has 3 fully saturated rings. The summed E-state index contributed by atoms with van der Waals surface area (Å²) in [5, 5.41) is 104. The van der Waals surface area contributed by atoms with Gasteiger partial charge in [-0.1, -0.05) is 13.8 Å². The minimum Gasteiger partial charge on any atom is -0.394 e. The van der Waals surface area contributed by atoms with Crippen molar-refractivity contribution in [1.82, 2.24) is 26.6 Å². The molecule has 3 saturated heterocycles. The fourth-order valence-corrected chi connectivity index (χ4v) is 11.0. The number of ether oxygens (including phenoxy) is 13. The first kappa shape index (κ1) is 92.6. The van der Waals surface area contributed by atoms with Gasteiger partial charge in [0, 0.05) is 111 Å². The minimum atomic E-state index is -1.47. The molecule has 3 rings (SSSR count). The molecule has 101 heavy (non-hydrogen) atoms. The maximum atomic E-state index is 13.9. The topological polar surface area (TPSA) is 499 Å². The van der Waals surface area contributed by atoms with Crippen molar-refractivity contribution in [3.8, 4) is 0 Å². The van der Waals surface area contributed by atoms with Gasteiger partial charge < -0.3 is 134 Å². The fourth-order valence-electron chi connectivity index (χ4n) is 11.0. The third-order valence-electron chi connectivity index (χ3n) is 16.4. The van der Waals surface area contributed by atoms with Gasteiger partial charge in [0.15, 0.2) is 18.9 Å². The van der Waals surface area contributed by atoms with Gasteiger partial charge in [-0.3, -0.25) is 38.4 Å². The largest absolute Gasteiger partial charge is 0.394 e. The van der Waals surface area contributed by atoms with Crippen molar-refractivity contribution in [3.63, 3.8) is 0 Å². The lowest BCUT2D eigenvalue weighted by Crippen LogP contribution is -2.64. The lowest BCUT2D eigenvalue weighted by molar-refractivity contribution is -0.272. The van der Waals surface area contributed by atoms with E-state index in [1.54, 1.807) is 7.11 Å². The van der Waals surface area contributed by atoms with E-state index in [1.807, 2.05) is 13.8 Å². The Kier molecular flexibility index (Phi) is 50.4. The minimum absolute atomic E-state index is 0.00574. The number of unbranched alkanes of at least 4 members (excludes halogenated alkanes) is 1. The predicted molar refractivity (Wildman–Crippen MR) is 355 cm³/mol. The molecular formula is C66H119N5O30. The molecule has 3 aliphatic rings. The average Bonchev–Trinajstić information content (AvgIpc) is 0.881. The molecule has 0 saturated carbocycles. The Bertz CT molecular complexity index is 2090. The molecule has 3 aliphatic heterocycles. The molecule has 588 valence electrons. The Balaban J connectivity index is 0.0000172. The van der Waals surface area contributed by atoms with Crippen LogP contribution in [0.15, 0.2) is 0 Å². The number of amides is 5. The van der Waals surface area contributed by atoms with E-state index in [2.05, 4.69) is 26.6 Å². The van der Waals surface area contributed by atoms with Gasteiger partial charge in [0.25, 0.3) is 0 Å². The van der Waals surface area contributed by atoms with Crippen LogP contribution in [-0.4, -0.2) is 329 Å². The van der Waals surface area contributed by atoms with Crippen molar-refractivity contribution in [3.05, 3.63) is 0 Å². The lowest BCUT2D eigenvalue weighted by Gasteiger charge is -2.42. The summed E-state index contributed by atoms with van der Waals surface area (Å²) in [5.74, 6) is -2.65. The summed E-state index contributed by atoms with van der Waals surface area (Å²) in [6, 6.07) is -3.32. The van der Waals surface area contributed by atoms with Crippen LogP contribution in [0.5, 0.6) is 0 Å². The zero-order chi connectivity index (χ0) is 75.0. The van der Waals surface area contributed by atoms with Gasteiger partial charge >= 0.3 is 0 Å². The maximum absolute atomic E-state index is 13.9. The van der Waals surface area contributed by atoms with Gasteiger partial charge in [0.2, 0.25) is 29.5 Å². The fraction of sp³-hybridized carbons (Fsp3) is 0.879. The summed E-state index contributed by atoms with van der Waals surface area (Å²) >= 11 is 0. The quantitative estimate of drug-likeness (QED) is 0.0264. The van der Waals surface area contributed by atoms with Crippen molar-refractivity contribution in [2.24, 2.45) is 0 Å². The highest BCUT2D eigenvalue weighted by Crippen LogP contribution is 2.29. The number of hydrogen-bond donors (Lipinski definition) is 14. The number of carbonyl (C=O) groups is 8. The van der Waals surface area contributed by atoms with Crippen molar-refractivity contribution >= 4 is 46.9 Å². The number of Topliss-reactive ketones (excluding diaryl/α,β-unsaturated/α-hetero) is 3. The summed E-state index contributed by atoms with van der Waals surface area (Å²) in [6.07, 6.45) is -12.8. The molecule has 35 heteroatoms. The van der Waals surface area contributed by atoms with Crippen molar-refractivity contribution < 1.29 is 146 Å². The van der Waals surface area contributed by atoms with Crippen molar-refractivity contribution in [2.45, 2.75) is 235 Å². The molecule has 0 aromatic heterocycles. The van der Waals surface area contributed by atoms with E-state index in [9.17, 15) is 84.3 Å². The number of aliphatic hydroxyl groups is 9. The first-order chi connectivity index (χ1) is 48.5. The van der Waals surface area contributed by atoms with Gasteiger partial charge in [-0.05, 0) is 51.4 Å². The summed E-state index contributed by atoms with van der Waals surface area (Å²) in [7, 11) is 1.58. The lowest BCUT2D eigenvalue weighted by atomic mass is 9.81. The van der Waals surface area contributed by atoms with Crippen molar-refractivity contribution in [2.75, 3.05) is 139 Å². The third-order valence-corrected chi connectivity index (χ3v) is 16.4. The molecule has 35 nitrogen and oxygen atoms in total. The van der Waals surface area contributed by atoms with Crippen LogP contribution < -0.4 is 26.6 Å². The van der Waals surface area contributed by atoms with Crippen LogP contribution in [0.2, 0.25) is 0 Å². The molecule has 6 unspecified atom stereocenters. The highest BCUT2D eigenvalue weighted by molar-refractivity contribution is 5.82. The summed E-state index contributed by atoms with van der Waals surface area (Å²) < 4.78 is 72.4. The second-order valence-electron chi connectivity index (χ2n) is 24.4. The Labute approximate surface area is 591 Å². The van der Waals surface area contributed by atoms with Crippen LogP contribution in [0, 0.1) is 0 Å². The number of nitrogens with one attached hydrogen (secondary N) is 5. The molecule has 0 radical (unpaired) electrons. The molecule has 0 aromatic rings. The standard InChI is InChI=1S/C64H113N5O30.C2H6/c1-41(73)66-52-58(84)55(81)47(38-70)97-61(52)94-35-32-91-29-26-88-23-8-12-45(77)15-18-64(69-51(80)14-7-11-44(76)10-5-6-22-87-4,19-16-46(78)13-9-24-89-27-30-92-33-36-95-62-53(67-42(2)74)59(85)56(82)48(39-71)98-62)20-17-50(79)65-21-25-90-28-31-93-34-37-96-63-54(68-43(3)75)60(86)57(83)49(40-72)99-63;1-2/h47-49,52-63,70-72,81-86H,5-40H2,1-4H3,(H,65,79)(H,66,73)(H,67,74)(H,68,75)(H,69,80);1-2H3/t47?,48?,49?,52?,53?,54?,55-,56-,57-,58+,59+,60+,61+,62+,63+,64?;/m0./s1. The molecule has 3 heterocycles. The second-order valence-corrected chi connectivity index (χ2v) is 24.4. The number of aliphatic hydroxyl groups excluding tert-OH is 9. The Morgan fingerprint density at radius 3 is 1.06 bits per heavy atom. The molecule has 15 atom stereocenters. The van der Waals surface area contributed by atoms with Gasteiger partial charge in [0.05, 0.1) is 106 Å². The zero-order valence-electron chi connectivity index (χ0n) is 59.7. The van der Waals surface area contributed by atoms with E-state index in [1.165, 1.54) is 20.8 Å². The van der Waals surface area contributed by atoms with Crippen LogP contribution in [0.3, 0.4) is 0 Å². The van der Waals surface area contributed by atoms with E-state index in [0.29, 0.717) is 38.7 Å².